The van der Waals surface area contributed by atoms with E-state index >= 15 is 0 Å². The Hall–Kier alpha value is -3.91. The normalized spacial score (nSPS) is 12.6. The molecule has 0 fully saturated rings. The van der Waals surface area contributed by atoms with Gasteiger partial charge in [-0.05, 0) is 106 Å². The van der Waals surface area contributed by atoms with E-state index in [1.54, 1.807) is 0 Å². The van der Waals surface area contributed by atoms with Crippen LogP contribution in [0, 0.1) is 0 Å². The van der Waals surface area contributed by atoms with Crippen LogP contribution in [-0.2, 0) is 10.3 Å². The number of carbonyl (C=O) groups excluding carboxylic acids is 1. The number of ether oxygens (including phenoxy) is 1. The van der Waals surface area contributed by atoms with E-state index in [-0.39, 0.29) is 5.97 Å². The van der Waals surface area contributed by atoms with Gasteiger partial charge in [0.1, 0.15) is 5.60 Å². The average Bonchev–Trinajstić information content (AvgIpc) is 2.91. The van der Waals surface area contributed by atoms with E-state index in [0.29, 0.717) is 11.5 Å². The lowest BCUT2D eigenvalue weighted by atomic mass is 9.93. The van der Waals surface area contributed by atoms with Gasteiger partial charge >= 0.3 is 5.97 Å². The summed E-state index contributed by atoms with van der Waals surface area (Å²) >= 11 is 0. The first-order valence-electron chi connectivity index (χ1n) is 12.7. The Balaban J connectivity index is 1.43. The number of rotatable bonds is 6. The summed E-state index contributed by atoms with van der Waals surface area (Å²) in [5.74, 6) is 0.172. The molecule has 0 aromatic heterocycles. The predicted octanol–water partition coefficient (Wildman–Crippen LogP) is 9.27. The van der Waals surface area contributed by atoms with Gasteiger partial charge in [0, 0.05) is 0 Å². The largest absolute Gasteiger partial charge is 0.451 e. The van der Waals surface area contributed by atoms with Crippen molar-refractivity contribution < 1.29 is 9.53 Å². The third kappa shape index (κ3) is 4.77. The Kier molecular flexibility index (Phi) is 6.36. The lowest BCUT2D eigenvalue weighted by Crippen LogP contribution is -2.25. The second-order valence-corrected chi connectivity index (χ2v) is 10.2. The molecule has 5 rings (SSSR count). The van der Waals surface area contributed by atoms with E-state index in [4.69, 9.17) is 4.74 Å². The van der Waals surface area contributed by atoms with Gasteiger partial charge in [0.2, 0.25) is 0 Å². The molecule has 0 amide bonds. The van der Waals surface area contributed by atoms with Crippen molar-refractivity contribution in [3.8, 4) is 11.1 Å². The van der Waals surface area contributed by atoms with Crippen LogP contribution in [0.1, 0.15) is 61.5 Å². The fraction of sp³-hybridized carbons (Fsp3) is 0.206. The average molecular weight is 473 g/mol. The van der Waals surface area contributed by atoms with Crippen LogP contribution < -0.4 is 0 Å². The molecule has 0 bridgehead atoms. The predicted molar refractivity (Wildman–Crippen MR) is 150 cm³/mol. The van der Waals surface area contributed by atoms with Crippen LogP contribution in [0.15, 0.2) is 103 Å². The van der Waals surface area contributed by atoms with Gasteiger partial charge in [-0.2, -0.15) is 0 Å². The van der Waals surface area contributed by atoms with Crippen LogP contribution in [0.2, 0.25) is 0 Å². The summed E-state index contributed by atoms with van der Waals surface area (Å²) in [6.07, 6.45) is 1.07. The van der Waals surface area contributed by atoms with Crippen LogP contribution in [0.4, 0.5) is 0 Å². The SMILES string of the molecule is CCC(C)c1ccc(C(=O)OC(C)(C)c2ccc3cc4ccc(-c5ccccc5)cc4cc3c2)cc1. The minimum absolute atomic E-state index is 0.304. The number of hydrogen-bond donors (Lipinski definition) is 0. The summed E-state index contributed by atoms with van der Waals surface area (Å²) in [7, 11) is 0. The summed E-state index contributed by atoms with van der Waals surface area (Å²) < 4.78 is 6.01. The van der Waals surface area contributed by atoms with Crippen LogP contribution in [-0.4, -0.2) is 5.97 Å². The number of benzene rings is 5. The van der Waals surface area contributed by atoms with E-state index in [2.05, 4.69) is 86.6 Å². The Morgan fingerprint density at radius 1 is 0.722 bits per heavy atom. The fourth-order valence-corrected chi connectivity index (χ4v) is 4.72. The van der Waals surface area contributed by atoms with Crippen molar-refractivity contribution in [3.63, 3.8) is 0 Å². The first-order chi connectivity index (χ1) is 17.3. The van der Waals surface area contributed by atoms with E-state index in [0.717, 1.165) is 17.4 Å². The highest BCUT2D eigenvalue weighted by Gasteiger charge is 2.26. The molecule has 180 valence electrons. The van der Waals surface area contributed by atoms with Gasteiger partial charge < -0.3 is 4.74 Å². The van der Waals surface area contributed by atoms with Gasteiger partial charge in [-0.15, -0.1) is 0 Å². The topological polar surface area (TPSA) is 26.3 Å². The zero-order valence-corrected chi connectivity index (χ0v) is 21.4. The molecular formula is C34H32O2. The molecule has 0 aliphatic heterocycles. The number of fused-ring (bicyclic) bond motifs is 2. The lowest BCUT2D eigenvalue weighted by molar-refractivity contribution is -0.00307. The minimum atomic E-state index is -0.762. The van der Waals surface area contributed by atoms with Crippen molar-refractivity contribution in [2.45, 2.75) is 45.6 Å². The zero-order valence-electron chi connectivity index (χ0n) is 21.4. The van der Waals surface area contributed by atoms with Crippen LogP contribution in [0.25, 0.3) is 32.7 Å². The molecule has 0 spiro atoms. The quantitative estimate of drug-likeness (QED) is 0.182. The standard InChI is InChI=1S/C34H32O2/c1-5-23(2)24-11-13-26(14-12-24)33(35)36-34(3,4)32-18-17-29-19-28-16-15-27(25-9-7-6-8-10-25)20-30(28)21-31(29)22-32/h6-23H,5H2,1-4H3. The second kappa shape index (κ2) is 9.62. The van der Waals surface area contributed by atoms with Gasteiger partial charge in [-0.1, -0.05) is 80.6 Å². The van der Waals surface area contributed by atoms with Crippen molar-refractivity contribution in [2.75, 3.05) is 0 Å². The summed E-state index contributed by atoms with van der Waals surface area (Å²) in [6.45, 7) is 8.27. The maximum Gasteiger partial charge on any atom is 0.338 e. The molecule has 0 saturated carbocycles. The number of esters is 1. The fourth-order valence-electron chi connectivity index (χ4n) is 4.72. The summed E-state index contributed by atoms with van der Waals surface area (Å²) in [5.41, 5.74) is 4.44. The Labute approximate surface area is 213 Å². The summed E-state index contributed by atoms with van der Waals surface area (Å²) in [6, 6.07) is 35.6. The van der Waals surface area contributed by atoms with Crippen molar-refractivity contribution in [3.05, 3.63) is 120 Å². The minimum Gasteiger partial charge on any atom is -0.451 e. The van der Waals surface area contributed by atoms with Crippen LogP contribution in [0.5, 0.6) is 0 Å². The Morgan fingerprint density at radius 3 is 2.06 bits per heavy atom. The maximum atomic E-state index is 13.0. The van der Waals surface area contributed by atoms with E-state index < -0.39 is 5.60 Å². The molecule has 0 aliphatic rings. The molecule has 2 heteroatoms. The highest BCUT2D eigenvalue weighted by Crippen LogP contribution is 2.32. The Bertz CT molecular complexity index is 1530. The highest BCUT2D eigenvalue weighted by molar-refractivity contribution is 6.00. The molecule has 0 saturated heterocycles. The van der Waals surface area contributed by atoms with E-state index in [9.17, 15) is 4.79 Å². The van der Waals surface area contributed by atoms with Crippen LogP contribution >= 0.6 is 0 Å². The molecule has 0 N–H and O–H groups in total. The molecule has 0 radical (unpaired) electrons. The van der Waals surface area contributed by atoms with Crippen molar-refractivity contribution in [2.24, 2.45) is 0 Å². The molecule has 5 aromatic rings. The molecular weight excluding hydrogens is 440 g/mol. The molecule has 2 nitrogen and oxygen atoms in total. The molecule has 1 unspecified atom stereocenters. The third-order valence-corrected chi connectivity index (χ3v) is 7.27. The monoisotopic (exact) mass is 472 g/mol. The van der Waals surface area contributed by atoms with E-state index in [1.165, 1.54) is 32.8 Å². The van der Waals surface area contributed by atoms with Gasteiger partial charge in [-0.25, -0.2) is 4.79 Å². The van der Waals surface area contributed by atoms with Gasteiger partial charge in [0.15, 0.2) is 0 Å². The highest BCUT2D eigenvalue weighted by atomic mass is 16.6. The smallest absolute Gasteiger partial charge is 0.338 e. The molecule has 5 aromatic carbocycles. The van der Waals surface area contributed by atoms with Gasteiger partial charge in [0.05, 0.1) is 5.56 Å². The molecule has 0 aliphatic carbocycles. The number of hydrogen-bond acceptors (Lipinski definition) is 2. The molecule has 36 heavy (non-hydrogen) atoms. The second-order valence-electron chi connectivity index (χ2n) is 10.2. The third-order valence-electron chi connectivity index (χ3n) is 7.27. The maximum absolute atomic E-state index is 13.0. The summed E-state index contributed by atoms with van der Waals surface area (Å²) in [4.78, 5) is 13.0. The van der Waals surface area contributed by atoms with Crippen molar-refractivity contribution in [1.29, 1.82) is 0 Å². The zero-order chi connectivity index (χ0) is 25.3. The Morgan fingerprint density at radius 2 is 1.36 bits per heavy atom. The lowest BCUT2D eigenvalue weighted by Gasteiger charge is -2.26. The van der Waals surface area contributed by atoms with Gasteiger partial charge in [-0.3, -0.25) is 0 Å². The van der Waals surface area contributed by atoms with Crippen molar-refractivity contribution in [1.82, 2.24) is 0 Å². The number of carbonyl (C=O) groups is 1. The van der Waals surface area contributed by atoms with Crippen molar-refractivity contribution >= 4 is 27.5 Å². The molecule has 0 heterocycles. The summed E-state index contributed by atoms with van der Waals surface area (Å²) in [5, 5.41) is 4.70. The van der Waals surface area contributed by atoms with E-state index in [1.807, 2.05) is 44.2 Å². The molecule has 1 atom stereocenters. The first kappa shape index (κ1) is 23.8. The van der Waals surface area contributed by atoms with Gasteiger partial charge in [0.25, 0.3) is 0 Å². The van der Waals surface area contributed by atoms with Crippen LogP contribution in [0.3, 0.4) is 0 Å². The first-order valence-corrected chi connectivity index (χ1v) is 12.7.